The maximum atomic E-state index is 2.55. The van der Waals surface area contributed by atoms with Crippen molar-refractivity contribution in [3.05, 3.63) is 194 Å². The first-order valence-corrected chi connectivity index (χ1v) is 20.1. The van der Waals surface area contributed by atoms with E-state index >= 15 is 0 Å². The average molecular weight is 639 g/mol. The van der Waals surface area contributed by atoms with Crippen LogP contribution in [0.3, 0.4) is 0 Å². The van der Waals surface area contributed by atoms with Crippen LogP contribution in [0.15, 0.2) is 194 Å². The van der Waals surface area contributed by atoms with Crippen molar-refractivity contribution in [2.75, 3.05) is 6.66 Å². The molecule has 0 spiro atoms. The maximum absolute atomic E-state index is 2.55. The Kier molecular flexibility index (Phi) is 8.00. The average Bonchev–Trinajstić information content (AvgIpc) is 3.16. The Balaban J connectivity index is 1.56. The fourth-order valence-electron chi connectivity index (χ4n) is 7.27. The van der Waals surface area contributed by atoms with Gasteiger partial charge in [0.2, 0.25) is 0 Å². The van der Waals surface area contributed by atoms with Gasteiger partial charge in [0.05, 0.1) is 0 Å². The molecule has 0 aliphatic heterocycles. The molecule has 8 aromatic rings. The van der Waals surface area contributed by atoms with E-state index in [0.29, 0.717) is 0 Å². The van der Waals surface area contributed by atoms with Gasteiger partial charge in [-0.25, -0.2) is 0 Å². The summed E-state index contributed by atoms with van der Waals surface area (Å²) in [4.78, 5) is 0. The van der Waals surface area contributed by atoms with Crippen LogP contribution in [0.25, 0.3) is 32.7 Å². The number of hydrogen-bond acceptors (Lipinski definition) is 0. The second-order valence-electron chi connectivity index (χ2n) is 12.3. The predicted molar refractivity (Wildman–Crippen MR) is 212 cm³/mol. The van der Waals surface area contributed by atoms with Crippen LogP contribution in [0, 0.1) is 0 Å². The van der Waals surface area contributed by atoms with Crippen molar-refractivity contribution in [1.29, 1.82) is 0 Å². The van der Waals surface area contributed by atoms with Crippen molar-refractivity contribution in [3.8, 4) is 11.1 Å². The fourth-order valence-corrected chi connectivity index (χ4v) is 13.6. The molecule has 8 rings (SSSR count). The topological polar surface area (TPSA) is 0 Å². The Morgan fingerprint density at radius 3 is 1.28 bits per heavy atom. The monoisotopic (exact) mass is 638 g/mol. The summed E-state index contributed by atoms with van der Waals surface area (Å²) < 4.78 is 0. The Morgan fingerprint density at radius 2 is 0.766 bits per heavy atom. The number of benzene rings is 8. The van der Waals surface area contributed by atoms with Gasteiger partial charge in [0.15, 0.2) is 0 Å². The van der Waals surface area contributed by atoms with Gasteiger partial charge in [-0.05, 0) is 0 Å². The normalized spacial score (nSPS) is 12.0. The van der Waals surface area contributed by atoms with Crippen molar-refractivity contribution < 1.29 is 0 Å². The Morgan fingerprint density at radius 1 is 0.362 bits per heavy atom. The van der Waals surface area contributed by atoms with Gasteiger partial charge in [0.1, 0.15) is 0 Å². The summed E-state index contributed by atoms with van der Waals surface area (Å²) in [5.74, 6) is 0. The number of fused-ring (bicyclic) bond motifs is 2. The van der Waals surface area contributed by atoms with E-state index < -0.39 is 15.2 Å². The van der Waals surface area contributed by atoms with Crippen LogP contribution in [0.2, 0.25) is 0 Å². The van der Waals surface area contributed by atoms with Crippen LogP contribution in [-0.2, 0) is 0 Å². The van der Waals surface area contributed by atoms with Crippen molar-refractivity contribution in [1.82, 2.24) is 0 Å². The zero-order valence-corrected chi connectivity index (χ0v) is 28.3. The molecule has 0 heterocycles. The second-order valence-corrected chi connectivity index (χ2v) is 18.4. The summed E-state index contributed by atoms with van der Waals surface area (Å²) in [5, 5.41) is 13.5. The van der Waals surface area contributed by atoms with E-state index in [9.17, 15) is 0 Å². The Bertz CT molecular complexity index is 2220. The molecule has 47 heavy (non-hydrogen) atoms. The van der Waals surface area contributed by atoms with Gasteiger partial charge in [0, 0.05) is 0 Å². The standard InChI is InChI=1S/C45H36P2/c1-47(38-24-10-4-11-25-38,39-26-12-5-13-27-39)43-33-31-35-19-15-17-29-41(35)45(43)44-40-28-16-14-18-34(40)30-32-42(44)46(36-20-6-2-7-21-36)37-22-8-3-9-23-37/h2-33,47H,1H3. The van der Waals surface area contributed by atoms with Gasteiger partial charge in [0.25, 0.3) is 0 Å². The molecule has 2 heteroatoms. The Hall–Kier alpha value is -4.86. The van der Waals surface area contributed by atoms with Crippen molar-refractivity contribution in [2.45, 2.75) is 0 Å². The molecule has 0 aliphatic carbocycles. The van der Waals surface area contributed by atoms with Crippen LogP contribution < -0.4 is 31.8 Å². The molecule has 0 amide bonds. The van der Waals surface area contributed by atoms with Gasteiger partial charge in [-0.15, -0.1) is 0 Å². The fraction of sp³-hybridized carbons (Fsp3) is 0.0222. The molecule has 0 aliphatic rings. The molecular formula is C45H36P2. The molecule has 0 aromatic heterocycles. The van der Waals surface area contributed by atoms with E-state index in [0.717, 1.165) is 0 Å². The second kappa shape index (κ2) is 12.7. The molecule has 0 radical (unpaired) electrons. The molecule has 0 unspecified atom stereocenters. The molecule has 0 saturated carbocycles. The molecule has 0 bridgehead atoms. The molecular weight excluding hydrogens is 602 g/mol. The first-order valence-electron chi connectivity index (χ1n) is 16.3. The minimum absolute atomic E-state index is 0.860. The third kappa shape index (κ3) is 5.29. The molecule has 0 N–H and O–H groups in total. The number of hydrogen-bond donors (Lipinski definition) is 0. The van der Waals surface area contributed by atoms with Gasteiger partial charge in [-0.3, -0.25) is 0 Å². The summed E-state index contributed by atoms with van der Waals surface area (Å²) in [6.45, 7) is 2.55. The van der Waals surface area contributed by atoms with Gasteiger partial charge in [-0.2, -0.15) is 0 Å². The van der Waals surface area contributed by atoms with Crippen LogP contribution in [-0.4, -0.2) is 6.66 Å². The van der Waals surface area contributed by atoms with Crippen LogP contribution in [0.1, 0.15) is 0 Å². The molecule has 0 fully saturated rings. The summed E-state index contributed by atoms with van der Waals surface area (Å²) >= 11 is 0. The third-order valence-corrected chi connectivity index (χ3v) is 16.6. The van der Waals surface area contributed by atoms with E-state index in [1.165, 1.54) is 64.5 Å². The SMILES string of the molecule is C[PH](c1ccccc1)(c1ccccc1)c1ccc2ccccc2c1-c1c(P(c2ccccc2)c2ccccc2)ccc2ccccc12. The first kappa shape index (κ1) is 29.5. The molecule has 226 valence electrons. The predicted octanol–water partition coefficient (Wildman–Crippen LogP) is 9.07. The molecule has 0 nitrogen and oxygen atoms in total. The molecule has 8 aromatic carbocycles. The number of rotatable bonds is 7. The van der Waals surface area contributed by atoms with E-state index in [2.05, 4.69) is 201 Å². The van der Waals surface area contributed by atoms with Crippen molar-refractivity contribution in [3.63, 3.8) is 0 Å². The van der Waals surface area contributed by atoms with Crippen molar-refractivity contribution >= 4 is 68.6 Å². The summed E-state index contributed by atoms with van der Waals surface area (Å²) in [5.41, 5.74) is 2.73. The van der Waals surface area contributed by atoms with E-state index in [-0.39, 0.29) is 0 Å². The van der Waals surface area contributed by atoms with Gasteiger partial charge < -0.3 is 0 Å². The quantitative estimate of drug-likeness (QED) is 0.153. The van der Waals surface area contributed by atoms with Crippen molar-refractivity contribution in [2.24, 2.45) is 0 Å². The third-order valence-electron chi connectivity index (χ3n) is 9.60. The van der Waals surface area contributed by atoms with E-state index in [1.54, 1.807) is 0 Å². The molecule has 0 atom stereocenters. The van der Waals surface area contributed by atoms with Crippen LogP contribution >= 0.6 is 15.2 Å². The van der Waals surface area contributed by atoms with E-state index in [4.69, 9.17) is 0 Å². The van der Waals surface area contributed by atoms with Crippen LogP contribution in [0.5, 0.6) is 0 Å². The first-order chi connectivity index (χ1) is 23.2. The summed E-state index contributed by atoms with van der Waals surface area (Å²) in [6, 6.07) is 72.3. The minimum atomic E-state index is -2.52. The zero-order valence-electron chi connectivity index (χ0n) is 26.4. The molecule has 0 saturated heterocycles. The van der Waals surface area contributed by atoms with Gasteiger partial charge >= 0.3 is 280 Å². The van der Waals surface area contributed by atoms with Gasteiger partial charge in [-0.1, -0.05) is 0 Å². The van der Waals surface area contributed by atoms with Crippen LogP contribution in [0.4, 0.5) is 0 Å². The summed E-state index contributed by atoms with van der Waals surface area (Å²) in [6.07, 6.45) is 0. The van der Waals surface area contributed by atoms with E-state index in [1.807, 2.05) is 0 Å². The zero-order chi connectivity index (χ0) is 31.6. The summed E-state index contributed by atoms with van der Waals surface area (Å²) in [7, 11) is -3.38. The Labute approximate surface area is 279 Å².